The lowest BCUT2D eigenvalue weighted by molar-refractivity contribution is 0.101. The number of ketones is 1. The first kappa shape index (κ1) is 16.7. The average molecular weight is 312 g/mol. The van der Waals surface area contributed by atoms with Crippen molar-refractivity contribution in [1.29, 1.82) is 0 Å². The van der Waals surface area contributed by atoms with Crippen LogP contribution in [0.4, 0.5) is 10.5 Å². The van der Waals surface area contributed by atoms with Gasteiger partial charge in [0, 0.05) is 24.9 Å². The van der Waals surface area contributed by atoms with Crippen molar-refractivity contribution in [3.05, 3.63) is 65.7 Å². The lowest BCUT2D eigenvalue weighted by Gasteiger charge is -2.16. The molecule has 23 heavy (non-hydrogen) atoms. The monoisotopic (exact) mass is 312 g/mol. The van der Waals surface area contributed by atoms with Gasteiger partial charge < -0.3 is 15.4 Å². The summed E-state index contributed by atoms with van der Waals surface area (Å²) in [5, 5.41) is 5.50. The normalized spacial score (nSPS) is 11.6. The molecule has 2 amide bonds. The van der Waals surface area contributed by atoms with Crippen molar-refractivity contribution in [2.75, 3.05) is 19.0 Å². The number of hydrogen-bond acceptors (Lipinski definition) is 3. The molecule has 0 unspecified atom stereocenters. The maximum Gasteiger partial charge on any atom is 0.319 e. The maximum absolute atomic E-state index is 11.9. The summed E-state index contributed by atoms with van der Waals surface area (Å²) in [6.45, 7) is 1.86. The maximum atomic E-state index is 11.9. The Labute approximate surface area is 135 Å². The molecule has 0 aliphatic heterocycles. The Bertz CT molecular complexity index is 654. The van der Waals surface area contributed by atoms with Crippen LogP contribution in [0, 0.1) is 0 Å². The summed E-state index contributed by atoms with van der Waals surface area (Å²) in [5.41, 5.74) is 2.24. The Morgan fingerprint density at radius 3 is 2.26 bits per heavy atom. The van der Waals surface area contributed by atoms with Gasteiger partial charge in [0.15, 0.2) is 5.78 Å². The summed E-state index contributed by atoms with van der Waals surface area (Å²) >= 11 is 0. The molecular formula is C18H20N2O3. The van der Waals surface area contributed by atoms with Gasteiger partial charge in [0.25, 0.3) is 0 Å². The predicted octanol–water partition coefficient (Wildman–Crippen LogP) is 3.40. The second-order valence-electron chi connectivity index (χ2n) is 5.10. The van der Waals surface area contributed by atoms with Gasteiger partial charge in [0.1, 0.15) is 0 Å². The molecule has 0 spiro atoms. The van der Waals surface area contributed by atoms with Gasteiger partial charge in [0.05, 0.1) is 6.10 Å². The summed E-state index contributed by atoms with van der Waals surface area (Å²) in [5.74, 6) is -0.00759. The summed E-state index contributed by atoms with van der Waals surface area (Å²) < 4.78 is 5.40. The fourth-order valence-electron chi connectivity index (χ4n) is 2.15. The number of Topliss-reactive ketones (excluding diaryl/α,β-unsaturated/α-hetero) is 1. The number of nitrogens with one attached hydrogen (secondary N) is 2. The highest BCUT2D eigenvalue weighted by Gasteiger charge is 2.11. The first-order valence-electron chi connectivity index (χ1n) is 7.33. The Kier molecular flexibility index (Phi) is 5.88. The molecule has 2 aromatic carbocycles. The number of hydrogen-bond donors (Lipinski definition) is 2. The van der Waals surface area contributed by atoms with Gasteiger partial charge in [-0.2, -0.15) is 0 Å². The fraction of sp³-hybridized carbons (Fsp3) is 0.222. The number of methoxy groups -OCH3 is 1. The number of ether oxygens (including phenoxy) is 1. The molecule has 5 heteroatoms. The van der Waals surface area contributed by atoms with E-state index < -0.39 is 0 Å². The van der Waals surface area contributed by atoms with Crippen molar-refractivity contribution in [3.63, 3.8) is 0 Å². The van der Waals surface area contributed by atoms with Gasteiger partial charge in [-0.15, -0.1) is 0 Å². The van der Waals surface area contributed by atoms with E-state index in [0.29, 0.717) is 17.8 Å². The zero-order valence-electron chi connectivity index (χ0n) is 13.2. The molecule has 0 saturated heterocycles. The highest BCUT2D eigenvalue weighted by atomic mass is 16.5. The van der Waals surface area contributed by atoms with Crippen LogP contribution in [0.2, 0.25) is 0 Å². The number of benzene rings is 2. The van der Waals surface area contributed by atoms with Crippen LogP contribution in [0.3, 0.4) is 0 Å². The summed E-state index contributed by atoms with van der Waals surface area (Å²) in [6.07, 6.45) is -0.206. The van der Waals surface area contributed by atoms with Crippen LogP contribution in [0.25, 0.3) is 0 Å². The first-order chi connectivity index (χ1) is 11.1. The van der Waals surface area contributed by atoms with Gasteiger partial charge in [-0.3, -0.25) is 4.79 Å². The molecule has 5 nitrogen and oxygen atoms in total. The average Bonchev–Trinajstić information content (AvgIpc) is 2.57. The molecule has 2 aromatic rings. The van der Waals surface area contributed by atoms with Crippen molar-refractivity contribution < 1.29 is 14.3 Å². The molecule has 0 fully saturated rings. The van der Waals surface area contributed by atoms with Crippen molar-refractivity contribution in [2.24, 2.45) is 0 Å². The third-order valence-corrected chi connectivity index (χ3v) is 3.45. The van der Waals surface area contributed by atoms with E-state index in [9.17, 15) is 9.59 Å². The van der Waals surface area contributed by atoms with E-state index in [4.69, 9.17) is 4.74 Å². The highest BCUT2D eigenvalue weighted by molar-refractivity contribution is 5.95. The molecule has 1 atom stereocenters. The van der Waals surface area contributed by atoms with Crippen LogP contribution < -0.4 is 10.6 Å². The Balaban J connectivity index is 1.88. The van der Waals surface area contributed by atoms with Crippen molar-refractivity contribution in [1.82, 2.24) is 5.32 Å². The minimum Gasteiger partial charge on any atom is -0.375 e. The molecule has 120 valence electrons. The molecule has 0 saturated carbocycles. The minimum absolute atomic E-state index is 0.00759. The second-order valence-corrected chi connectivity index (χ2v) is 5.10. The SMILES string of the molecule is CO[C@H](CNC(=O)Nc1ccc(C(C)=O)cc1)c1ccccc1. The van der Waals surface area contributed by atoms with Crippen LogP contribution >= 0.6 is 0 Å². The Hall–Kier alpha value is -2.66. The first-order valence-corrected chi connectivity index (χ1v) is 7.33. The fourth-order valence-corrected chi connectivity index (χ4v) is 2.15. The van der Waals surface area contributed by atoms with E-state index in [-0.39, 0.29) is 17.9 Å². The number of carbonyl (C=O) groups excluding carboxylic acids is 2. The molecule has 0 bridgehead atoms. The van der Waals surface area contributed by atoms with E-state index in [1.54, 1.807) is 31.4 Å². The quantitative estimate of drug-likeness (QED) is 0.803. The number of anilines is 1. The largest absolute Gasteiger partial charge is 0.375 e. The van der Waals surface area contributed by atoms with Crippen LogP contribution in [0.5, 0.6) is 0 Å². The molecule has 2 N–H and O–H groups in total. The van der Waals surface area contributed by atoms with E-state index in [0.717, 1.165) is 5.56 Å². The summed E-state index contributed by atoms with van der Waals surface area (Å²) in [7, 11) is 1.61. The van der Waals surface area contributed by atoms with E-state index in [2.05, 4.69) is 10.6 Å². The number of urea groups is 1. The summed E-state index contributed by atoms with van der Waals surface area (Å²) in [4.78, 5) is 23.1. The van der Waals surface area contributed by atoms with Crippen LogP contribution in [-0.4, -0.2) is 25.5 Å². The second kappa shape index (κ2) is 8.10. The summed E-state index contributed by atoms with van der Waals surface area (Å²) in [6, 6.07) is 16.1. The third-order valence-electron chi connectivity index (χ3n) is 3.45. The molecule has 2 rings (SSSR count). The van der Waals surface area contributed by atoms with Gasteiger partial charge in [-0.25, -0.2) is 4.79 Å². The molecule has 0 aliphatic carbocycles. The Morgan fingerprint density at radius 1 is 1.04 bits per heavy atom. The molecule has 0 aromatic heterocycles. The van der Waals surface area contributed by atoms with Gasteiger partial charge in [-0.1, -0.05) is 30.3 Å². The topological polar surface area (TPSA) is 67.4 Å². The molecule has 0 radical (unpaired) electrons. The van der Waals surface area contributed by atoms with E-state index in [1.807, 2.05) is 30.3 Å². The van der Waals surface area contributed by atoms with Gasteiger partial charge in [0.2, 0.25) is 0 Å². The van der Waals surface area contributed by atoms with Crippen molar-refractivity contribution >= 4 is 17.5 Å². The molecule has 0 heterocycles. The Morgan fingerprint density at radius 2 is 1.70 bits per heavy atom. The lowest BCUT2D eigenvalue weighted by atomic mass is 10.1. The number of rotatable bonds is 6. The lowest BCUT2D eigenvalue weighted by Crippen LogP contribution is -2.32. The van der Waals surface area contributed by atoms with Crippen LogP contribution in [-0.2, 0) is 4.74 Å². The third kappa shape index (κ3) is 4.93. The molecule has 0 aliphatic rings. The van der Waals surface area contributed by atoms with Gasteiger partial charge >= 0.3 is 6.03 Å². The minimum atomic E-state index is -0.321. The van der Waals surface area contributed by atoms with Crippen LogP contribution in [0.1, 0.15) is 28.9 Å². The predicted molar refractivity (Wildman–Crippen MR) is 89.7 cm³/mol. The smallest absolute Gasteiger partial charge is 0.319 e. The highest BCUT2D eigenvalue weighted by Crippen LogP contribution is 2.15. The number of carbonyl (C=O) groups is 2. The number of amides is 2. The van der Waals surface area contributed by atoms with Crippen molar-refractivity contribution in [2.45, 2.75) is 13.0 Å². The van der Waals surface area contributed by atoms with Crippen LogP contribution in [0.15, 0.2) is 54.6 Å². The van der Waals surface area contributed by atoms with Gasteiger partial charge in [-0.05, 0) is 36.8 Å². The standard InChI is InChI=1S/C18H20N2O3/c1-13(21)14-8-10-16(11-9-14)20-18(22)19-12-17(23-2)15-6-4-3-5-7-15/h3-11,17H,12H2,1-2H3,(H2,19,20,22)/t17-/m1/s1. The zero-order chi connectivity index (χ0) is 16.7. The zero-order valence-corrected chi connectivity index (χ0v) is 13.2. The van der Waals surface area contributed by atoms with E-state index >= 15 is 0 Å². The van der Waals surface area contributed by atoms with Crippen molar-refractivity contribution in [3.8, 4) is 0 Å². The van der Waals surface area contributed by atoms with E-state index in [1.165, 1.54) is 6.92 Å². The molecular weight excluding hydrogens is 292 g/mol.